The molecular weight excluding hydrogens is 517 g/mol. The van der Waals surface area contributed by atoms with Gasteiger partial charge in [-0.05, 0) is 42.5 Å². The third-order valence-corrected chi connectivity index (χ3v) is 8.14. The van der Waals surface area contributed by atoms with Crippen molar-refractivity contribution in [2.24, 2.45) is 5.92 Å². The molecule has 2 aromatic carbocycles. The first kappa shape index (κ1) is 26.8. The first-order valence-electron chi connectivity index (χ1n) is 13.1. The van der Waals surface area contributed by atoms with Gasteiger partial charge in [-0.15, -0.1) is 0 Å². The van der Waals surface area contributed by atoms with E-state index < -0.39 is 18.0 Å². The van der Waals surface area contributed by atoms with E-state index in [0.29, 0.717) is 42.4 Å². The topological polar surface area (TPSA) is 55.9 Å². The van der Waals surface area contributed by atoms with Crippen LogP contribution in [0.1, 0.15) is 41.6 Å². The number of piperidine rings is 1. The zero-order valence-electron chi connectivity index (χ0n) is 21.3. The highest BCUT2D eigenvalue weighted by Gasteiger charge is 2.48. The molecule has 2 amide bonds. The van der Waals surface area contributed by atoms with E-state index in [2.05, 4.69) is 17.1 Å². The molecular formula is C28H32ClF3N4O2. The van der Waals surface area contributed by atoms with Gasteiger partial charge in [-0.3, -0.25) is 14.5 Å². The van der Waals surface area contributed by atoms with Crippen molar-refractivity contribution in [3.05, 3.63) is 64.7 Å². The molecule has 1 atom stereocenters. The van der Waals surface area contributed by atoms with E-state index in [9.17, 15) is 22.8 Å². The largest absolute Gasteiger partial charge is 0.404 e. The molecule has 5 rings (SSSR count). The molecule has 0 radical (unpaired) electrons. The minimum atomic E-state index is -4.63. The standard InChI is InChI=1S/C28H32ClF3N4O2/c1-18-14-36(15-18)26(37)23-8-7-20(13-24(23)29)33-21-16-35(17-21)22-9-11-34(12-10-22)27(38)25(28(30,31)32)19-5-3-2-4-6-19/h2-8,13,18,21-22,25,33H,9-12,14-17H2,1H3. The molecule has 1 unspecified atom stereocenters. The van der Waals surface area contributed by atoms with Crippen molar-refractivity contribution < 1.29 is 22.8 Å². The number of hydrogen-bond acceptors (Lipinski definition) is 4. The zero-order chi connectivity index (χ0) is 27.0. The van der Waals surface area contributed by atoms with E-state index in [0.717, 1.165) is 31.9 Å². The van der Waals surface area contributed by atoms with Crippen LogP contribution in [-0.4, -0.2) is 84.0 Å². The summed E-state index contributed by atoms with van der Waals surface area (Å²) in [6.07, 6.45) is -3.33. The van der Waals surface area contributed by atoms with Crippen molar-refractivity contribution in [1.29, 1.82) is 0 Å². The summed E-state index contributed by atoms with van der Waals surface area (Å²) in [5.41, 5.74) is 1.35. The Balaban J connectivity index is 1.10. The van der Waals surface area contributed by atoms with Crippen molar-refractivity contribution in [3.63, 3.8) is 0 Å². The summed E-state index contributed by atoms with van der Waals surface area (Å²) in [5.74, 6) is -2.50. The summed E-state index contributed by atoms with van der Waals surface area (Å²) < 4.78 is 41.3. The number of anilines is 1. The van der Waals surface area contributed by atoms with Crippen LogP contribution < -0.4 is 5.32 Å². The summed E-state index contributed by atoms with van der Waals surface area (Å²) in [7, 11) is 0. The Bertz CT molecular complexity index is 1160. The quantitative estimate of drug-likeness (QED) is 0.560. The van der Waals surface area contributed by atoms with Gasteiger partial charge in [0.2, 0.25) is 5.91 Å². The molecule has 10 heteroatoms. The molecule has 6 nitrogen and oxygen atoms in total. The molecule has 2 aromatic rings. The van der Waals surface area contributed by atoms with Crippen LogP contribution in [0.3, 0.4) is 0 Å². The van der Waals surface area contributed by atoms with Crippen molar-refractivity contribution in [1.82, 2.24) is 14.7 Å². The average Bonchev–Trinajstić information content (AvgIpc) is 2.84. The van der Waals surface area contributed by atoms with Gasteiger partial charge in [0.1, 0.15) is 0 Å². The van der Waals surface area contributed by atoms with Crippen LogP contribution in [-0.2, 0) is 4.79 Å². The smallest absolute Gasteiger partial charge is 0.380 e. The lowest BCUT2D eigenvalue weighted by atomic mass is 9.93. The molecule has 0 saturated carbocycles. The van der Waals surface area contributed by atoms with Gasteiger partial charge in [-0.1, -0.05) is 48.9 Å². The number of halogens is 4. The monoisotopic (exact) mass is 548 g/mol. The van der Waals surface area contributed by atoms with Crippen molar-refractivity contribution in [2.45, 2.75) is 43.9 Å². The van der Waals surface area contributed by atoms with E-state index in [-0.39, 0.29) is 23.6 Å². The number of likely N-dealkylation sites (tertiary alicyclic amines) is 3. The fourth-order valence-electron chi connectivity index (χ4n) is 5.70. The van der Waals surface area contributed by atoms with Gasteiger partial charge >= 0.3 is 6.18 Å². The molecule has 0 spiro atoms. The SMILES string of the molecule is CC1CN(C(=O)c2ccc(NC3CN(C4CCN(C(=O)C(c5ccccc5)C(F)(F)F)CC4)C3)cc2Cl)C1. The minimum Gasteiger partial charge on any atom is -0.380 e. The van der Waals surface area contributed by atoms with Crippen molar-refractivity contribution in [3.8, 4) is 0 Å². The minimum absolute atomic E-state index is 0.0172. The maximum Gasteiger partial charge on any atom is 0.404 e. The summed E-state index contributed by atoms with van der Waals surface area (Å²) in [4.78, 5) is 30.9. The van der Waals surface area contributed by atoms with E-state index in [1.807, 2.05) is 6.07 Å². The Morgan fingerprint density at radius 1 is 0.974 bits per heavy atom. The maximum absolute atomic E-state index is 13.8. The Morgan fingerprint density at radius 3 is 2.21 bits per heavy atom. The number of nitrogens with zero attached hydrogens (tertiary/aromatic N) is 3. The first-order valence-corrected chi connectivity index (χ1v) is 13.5. The van der Waals surface area contributed by atoms with Gasteiger partial charge in [0.05, 0.1) is 16.6 Å². The Kier molecular flexibility index (Phi) is 7.60. The fraction of sp³-hybridized carbons (Fsp3) is 0.500. The summed E-state index contributed by atoms with van der Waals surface area (Å²) in [5, 5.41) is 3.89. The number of amides is 2. The molecule has 3 saturated heterocycles. The average molecular weight is 549 g/mol. The van der Waals surface area contributed by atoms with Crippen LogP contribution in [0.15, 0.2) is 48.5 Å². The highest BCUT2D eigenvalue weighted by atomic mass is 35.5. The van der Waals surface area contributed by atoms with E-state index in [1.165, 1.54) is 29.2 Å². The highest BCUT2D eigenvalue weighted by molar-refractivity contribution is 6.34. The maximum atomic E-state index is 13.8. The van der Waals surface area contributed by atoms with Crippen LogP contribution >= 0.6 is 11.6 Å². The normalized spacial score (nSPS) is 20.6. The number of rotatable bonds is 6. The second-order valence-corrected chi connectivity index (χ2v) is 11.2. The number of carbonyl (C=O) groups excluding carboxylic acids is 2. The lowest BCUT2D eigenvalue weighted by Gasteiger charge is -2.47. The summed E-state index contributed by atoms with van der Waals surface area (Å²) in [6.45, 7) is 5.87. The number of hydrogen-bond donors (Lipinski definition) is 1. The van der Waals surface area contributed by atoms with Crippen molar-refractivity contribution in [2.75, 3.05) is 44.6 Å². The lowest BCUT2D eigenvalue weighted by Crippen LogP contribution is -2.60. The third-order valence-electron chi connectivity index (χ3n) is 7.83. The van der Waals surface area contributed by atoms with Gasteiger partial charge in [0.15, 0.2) is 5.92 Å². The number of alkyl halides is 3. The Labute approximate surface area is 225 Å². The molecule has 204 valence electrons. The van der Waals surface area contributed by atoms with Crippen LogP contribution in [0.25, 0.3) is 0 Å². The van der Waals surface area contributed by atoms with E-state index in [4.69, 9.17) is 11.6 Å². The van der Waals surface area contributed by atoms with Gasteiger partial charge < -0.3 is 15.1 Å². The second kappa shape index (κ2) is 10.8. The molecule has 1 N–H and O–H groups in total. The number of carbonyl (C=O) groups is 2. The van der Waals surface area contributed by atoms with Crippen LogP contribution in [0, 0.1) is 5.92 Å². The predicted octanol–water partition coefficient (Wildman–Crippen LogP) is 4.87. The molecule has 3 aliphatic rings. The fourth-order valence-corrected chi connectivity index (χ4v) is 5.96. The molecule has 3 fully saturated rings. The van der Waals surface area contributed by atoms with Crippen LogP contribution in [0.4, 0.5) is 18.9 Å². The highest BCUT2D eigenvalue weighted by Crippen LogP contribution is 2.37. The number of benzene rings is 2. The zero-order valence-corrected chi connectivity index (χ0v) is 22.0. The van der Waals surface area contributed by atoms with Crippen molar-refractivity contribution >= 4 is 29.1 Å². The summed E-state index contributed by atoms with van der Waals surface area (Å²) >= 11 is 6.41. The second-order valence-electron chi connectivity index (χ2n) is 10.7. The number of nitrogens with one attached hydrogen (secondary N) is 1. The van der Waals surface area contributed by atoms with Gasteiger partial charge in [-0.2, -0.15) is 13.2 Å². The molecule has 0 bridgehead atoms. The summed E-state index contributed by atoms with van der Waals surface area (Å²) in [6, 6.07) is 13.3. The van der Waals surface area contributed by atoms with Crippen LogP contribution in [0.2, 0.25) is 5.02 Å². The predicted molar refractivity (Wildman–Crippen MR) is 140 cm³/mol. The molecule has 3 aliphatic heterocycles. The molecule has 0 aromatic heterocycles. The Hall–Kier alpha value is -2.78. The molecule has 38 heavy (non-hydrogen) atoms. The molecule has 0 aliphatic carbocycles. The molecule has 3 heterocycles. The third kappa shape index (κ3) is 5.64. The lowest BCUT2D eigenvalue weighted by molar-refractivity contribution is -0.173. The van der Waals surface area contributed by atoms with E-state index >= 15 is 0 Å². The first-order chi connectivity index (χ1) is 18.1. The van der Waals surface area contributed by atoms with Crippen LogP contribution in [0.5, 0.6) is 0 Å². The van der Waals surface area contributed by atoms with Gasteiger partial charge in [0, 0.05) is 51.0 Å². The van der Waals surface area contributed by atoms with E-state index in [1.54, 1.807) is 23.1 Å². The van der Waals surface area contributed by atoms with Gasteiger partial charge in [0.25, 0.3) is 5.91 Å². The van der Waals surface area contributed by atoms with Gasteiger partial charge in [-0.25, -0.2) is 0 Å². The Morgan fingerprint density at radius 2 is 1.63 bits per heavy atom.